The highest BCUT2D eigenvalue weighted by Crippen LogP contribution is 2.18. The van der Waals surface area contributed by atoms with Gasteiger partial charge in [-0.15, -0.1) is 0 Å². The molecule has 16 heavy (non-hydrogen) atoms. The van der Waals surface area contributed by atoms with Gasteiger partial charge in [0.2, 0.25) is 0 Å². The third-order valence-corrected chi connectivity index (χ3v) is 3.17. The Balaban J connectivity index is 1.98. The molecule has 1 aliphatic rings. The third-order valence-electron chi connectivity index (χ3n) is 2.96. The number of aromatic nitrogens is 1. The van der Waals surface area contributed by atoms with E-state index in [4.69, 9.17) is 17.3 Å². The van der Waals surface area contributed by atoms with Crippen molar-refractivity contribution < 1.29 is 0 Å². The first-order chi connectivity index (χ1) is 7.63. The monoisotopic (exact) mass is 239 g/mol. The average Bonchev–Trinajstić information content (AvgIpc) is 2.15. The van der Waals surface area contributed by atoms with Crippen molar-refractivity contribution in [1.82, 2.24) is 9.88 Å². The zero-order valence-corrected chi connectivity index (χ0v) is 10.3. The molecule has 1 saturated heterocycles. The molecule has 0 spiro atoms. The van der Waals surface area contributed by atoms with Gasteiger partial charge < -0.3 is 5.73 Å². The minimum atomic E-state index is 0.307. The molecule has 1 aliphatic heterocycles. The molecule has 2 N–H and O–H groups in total. The van der Waals surface area contributed by atoms with E-state index in [1.54, 1.807) is 6.20 Å². The van der Waals surface area contributed by atoms with Crippen molar-refractivity contribution in [2.24, 2.45) is 11.7 Å². The van der Waals surface area contributed by atoms with E-state index in [0.29, 0.717) is 17.1 Å². The molecule has 0 saturated carbocycles. The van der Waals surface area contributed by atoms with Crippen molar-refractivity contribution in [2.45, 2.75) is 25.9 Å². The Bertz CT molecular complexity index is 346. The number of rotatable bonds is 2. The van der Waals surface area contributed by atoms with E-state index in [2.05, 4.69) is 16.8 Å². The van der Waals surface area contributed by atoms with Crippen LogP contribution in [0.25, 0.3) is 0 Å². The maximum Gasteiger partial charge on any atom is 0.129 e. The highest BCUT2D eigenvalue weighted by Gasteiger charge is 2.21. The summed E-state index contributed by atoms with van der Waals surface area (Å²) in [5, 5.41) is 0.562. The molecule has 2 atom stereocenters. The lowest BCUT2D eigenvalue weighted by molar-refractivity contribution is 0.158. The first-order valence-corrected chi connectivity index (χ1v) is 6.09. The van der Waals surface area contributed by atoms with Crippen LogP contribution in [0.1, 0.15) is 18.9 Å². The van der Waals surface area contributed by atoms with Gasteiger partial charge >= 0.3 is 0 Å². The summed E-state index contributed by atoms with van der Waals surface area (Å²) < 4.78 is 0. The predicted octanol–water partition coefficient (Wildman–Crippen LogP) is 1.90. The highest BCUT2D eigenvalue weighted by atomic mass is 35.5. The van der Waals surface area contributed by atoms with E-state index < -0.39 is 0 Å². The molecule has 1 fully saturated rings. The van der Waals surface area contributed by atoms with Gasteiger partial charge in [0.1, 0.15) is 5.15 Å². The van der Waals surface area contributed by atoms with Crippen LogP contribution in [0.3, 0.4) is 0 Å². The lowest BCUT2D eigenvalue weighted by Crippen LogP contribution is -2.45. The smallest absolute Gasteiger partial charge is 0.129 e. The van der Waals surface area contributed by atoms with Crippen LogP contribution in [0, 0.1) is 5.92 Å². The summed E-state index contributed by atoms with van der Waals surface area (Å²) >= 11 is 5.87. The summed E-state index contributed by atoms with van der Waals surface area (Å²) in [6, 6.07) is 4.24. The maximum atomic E-state index is 6.02. The second-order valence-corrected chi connectivity index (χ2v) is 5.17. The Morgan fingerprint density at radius 1 is 1.56 bits per heavy atom. The summed E-state index contributed by atoms with van der Waals surface area (Å²) in [5.41, 5.74) is 7.23. The lowest BCUT2D eigenvalue weighted by Gasteiger charge is -2.34. The minimum absolute atomic E-state index is 0.307. The quantitative estimate of drug-likeness (QED) is 0.802. The molecule has 1 aromatic heterocycles. The molecule has 0 amide bonds. The van der Waals surface area contributed by atoms with Crippen LogP contribution < -0.4 is 5.73 Å². The van der Waals surface area contributed by atoms with Gasteiger partial charge in [-0.1, -0.05) is 18.5 Å². The molecule has 0 aromatic carbocycles. The fourth-order valence-corrected chi connectivity index (χ4v) is 2.64. The first-order valence-electron chi connectivity index (χ1n) is 5.72. The van der Waals surface area contributed by atoms with E-state index >= 15 is 0 Å². The molecule has 3 nitrogen and oxygen atoms in total. The normalized spacial score (nSPS) is 26.9. The predicted molar refractivity (Wildman–Crippen MR) is 66.3 cm³/mol. The molecule has 1 aromatic rings. The Hall–Kier alpha value is -0.640. The minimum Gasteiger partial charge on any atom is -0.327 e. The van der Waals surface area contributed by atoms with Crippen molar-refractivity contribution in [3.63, 3.8) is 0 Å². The van der Waals surface area contributed by atoms with E-state index in [-0.39, 0.29) is 0 Å². The van der Waals surface area contributed by atoms with E-state index in [1.807, 2.05) is 12.1 Å². The number of likely N-dealkylation sites (tertiary alicyclic amines) is 1. The first kappa shape index (κ1) is 11.8. The topological polar surface area (TPSA) is 42.1 Å². The van der Waals surface area contributed by atoms with Crippen LogP contribution in [0.2, 0.25) is 5.15 Å². The number of nitrogens with zero attached hydrogens (tertiary/aromatic N) is 2. The van der Waals surface area contributed by atoms with Crippen LogP contribution >= 0.6 is 11.6 Å². The molecular formula is C12H18ClN3. The average molecular weight is 240 g/mol. The van der Waals surface area contributed by atoms with Crippen molar-refractivity contribution in [2.75, 3.05) is 13.1 Å². The fourth-order valence-electron chi connectivity index (χ4n) is 2.44. The second-order valence-electron chi connectivity index (χ2n) is 4.78. The van der Waals surface area contributed by atoms with Crippen molar-refractivity contribution >= 4 is 11.6 Å². The summed E-state index contributed by atoms with van der Waals surface area (Å²) in [6.45, 7) is 5.27. The largest absolute Gasteiger partial charge is 0.327 e. The number of piperidine rings is 1. The standard InChI is InChI=1S/C12H18ClN3/c1-9-4-11(14)8-16(6-9)7-10-2-3-15-12(13)5-10/h2-3,5,9,11H,4,6-8,14H2,1H3. The second kappa shape index (κ2) is 5.13. The van der Waals surface area contributed by atoms with Crippen molar-refractivity contribution in [3.05, 3.63) is 29.0 Å². The van der Waals surface area contributed by atoms with E-state index in [9.17, 15) is 0 Å². The van der Waals surface area contributed by atoms with Gasteiger partial charge in [-0.05, 0) is 30.0 Å². The number of halogens is 1. The van der Waals surface area contributed by atoms with Gasteiger partial charge in [0.15, 0.2) is 0 Å². The Morgan fingerprint density at radius 3 is 3.06 bits per heavy atom. The summed E-state index contributed by atoms with van der Waals surface area (Å²) in [5.74, 6) is 0.682. The molecule has 2 unspecified atom stereocenters. The van der Waals surface area contributed by atoms with Gasteiger partial charge in [0, 0.05) is 31.9 Å². The summed E-state index contributed by atoms with van der Waals surface area (Å²) in [6.07, 6.45) is 2.89. The van der Waals surface area contributed by atoms with Crippen LogP contribution in [0.5, 0.6) is 0 Å². The zero-order valence-electron chi connectivity index (χ0n) is 9.56. The molecule has 2 heterocycles. The molecule has 4 heteroatoms. The van der Waals surface area contributed by atoms with Gasteiger partial charge in [-0.2, -0.15) is 0 Å². The van der Waals surface area contributed by atoms with E-state index in [0.717, 1.165) is 26.1 Å². The Morgan fingerprint density at radius 2 is 2.38 bits per heavy atom. The number of hydrogen-bond acceptors (Lipinski definition) is 3. The number of nitrogens with two attached hydrogens (primary N) is 1. The van der Waals surface area contributed by atoms with Gasteiger partial charge in [-0.3, -0.25) is 4.90 Å². The van der Waals surface area contributed by atoms with Crippen LogP contribution in [0.15, 0.2) is 18.3 Å². The van der Waals surface area contributed by atoms with Crippen molar-refractivity contribution in [3.8, 4) is 0 Å². The number of hydrogen-bond donors (Lipinski definition) is 1. The van der Waals surface area contributed by atoms with Crippen LogP contribution in [-0.2, 0) is 6.54 Å². The molecule has 2 rings (SSSR count). The van der Waals surface area contributed by atoms with Crippen molar-refractivity contribution in [1.29, 1.82) is 0 Å². The molecule has 0 radical (unpaired) electrons. The molecular weight excluding hydrogens is 222 g/mol. The number of pyridine rings is 1. The van der Waals surface area contributed by atoms with Gasteiger partial charge in [0.05, 0.1) is 0 Å². The highest BCUT2D eigenvalue weighted by molar-refractivity contribution is 6.29. The summed E-state index contributed by atoms with van der Waals surface area (Å²) in [4.78, 5) is 6.38. The van der Waals surface area contributed by atoms with Crippen LogP contribution in [0.4, 0.5) is 0 Å². The van der Waals surface area contributed by atoms with E-state index in [1.165, 1.54) is 5.56 Å². The molecule has 0 aliphatic carbocycles. The van der Waals surface area contributed by atoms with Gasteiger partial charge in [-0.25, -0.2) is 4.98 Å². The Labute approximate surface area is 102 Å². The lowest BCUT2D eigenvalue weighted by atomic mass is 9.96. The fraction of sp³-hybridized carbons (Fsp3) is 0.583. The maximum absolute atomic E-state index is 6.02. The van der Waals surface area contributed by atoms with Gasteiger partial charge in [0.25, 0.3) is 0 Å². The molecule has 0 bridgehead atoms. The zero-order chi connectivity index (χ0) is 11.5. The molecule has 88 valence electrons. The SMILES string of the molecule is CC1CC(N)CN(Cc2ccnc(Cl)c2)C1. The third kappa shape index (κ3) is 3.17. The van der Waals surface area contributed by atoms with Crippen LogP contribution in [-0.4, -0.2) is 29.0 Å². The Kier molecular flexibility index (Phi) is 3.79. The summed E-state index contributed by atoms with van der Waals surface area (Å²) in [7, 11) is 0.